The van der Waals surface area contributed by atoms with Gasteiger partial charge in [-0.25, -0.2) is 4.98 Å². The lowest BCUT2D eigenvalue weighted by atomic mass is 10.2. The van der Waals surface area contributed by atoms with Crippen molar-refractivity contribution >= 4 is 11.7 Å². The predicted molar refractivity (Wildman–Crippen MR) is 97.3 cm³/mol. The monoisotopic (exact) mass is 370 g/mol. The van der Waals surface area contributed by atoms with Gasteiger partial charge in [0.2, 0.25) is 0 Å². The van der Waals surface area contributed by atoms with Crippen molar-refractivity contribution in [1.82, 2.24) is 39.2 Å². The Morgan fingerprint density at radius 1 is 1.33 bits per heavy atom. The van der Waals surface area contributed by atoms with Crippen molar-refractivity contribution in [1.29, 1.82) is 0 Å². The van der Waals surface area contributed by atoms with Gasteiger partial charge in [-0.1, -0.05) is 0 Å². The first-order chi connectivity index (χ1) is 12.9. The third-order valence-electron chi connectivity index (χ3n) is 4.54. The molecule has 3 aromatic heterocycles. The van der Waals surface area contributed by atoms with E-state index in [9.17, 15) is 9.59 Å². The highest BCUT2D eigenvalue weighted by Gasteiger charge is 2.25. The van der Waals surface area contributed by atoms with Gasteiger partial charge in [0.05, 0.1) is 17.9 Å². The van der Waals surface area contributed by atoms with E-state index in [1.54, 1.807) is 11.8 Å². The zero-order chi connectivity index (χ0) is 19.1. The molecule has 142 valence electrons. The average molecular weight is 370 g/mol. The number of amides is 1. The molecule has 0 spiro atoms. The van der Waals surface area contributed by atoms with Crippen LogP contribution in [-0.2, 0) is 19.6 Å². The Morgan fingerprint density at radius 3 is 2.93 bits per heavy atom. The number of hydrogen-bond donors (Lipinski definition) is 1. The second-order valence-corrected chi connectivity index (χ2v) is 7.09. The molecule has 27 heavy (non-hydrogen) atoms. The van der Waals surface area contributed by atoms with Gasteiger partial charge in [-0.05, 0) is 33.5 Å². The number of aryl methyl sites for hydroxylation is 2. The van der Waals surface area contributed by atoms with Gasteiger partial charge in [-0.15, -0.1) is 0 Å². The fourth-order valence-corrected chi connectivity index (χ4v) is 3.38. The van der Waals surface area contributed by atoms with E-state index in [1.807, 2.05) is 24.8 Å². The summed E-state index contributed by atoms with van der Waals surface area (Å²) in [4.78, 5) is 37.7. The lowest BCUT2D eigenvalue weighted by Crippen LogP contribution is -2.36. The zero-order valence-electron chi connectivity index (χ0n) is 15.6. The van der Waals surface area contributed by atoms with Crippen molar-refractivity contribution in [3.8, 4) is 0 Å². The lowest BCUT2D eigenvalue weighted by molar-refractivity contribution is 0.0743. The summed E-state index contributed by atoms with van der Waals surface area (Å²) in [6, 6.07) is 2.03. The molecule has 0 fully saturated rings. The smallest absolute Gasteiger partial charge is 0.286 e. The van der Waals surface area contributed by atoms with E-state index in [2.05, 4.69) is 25.1 Å². The van der Waals surface area contributed by atoms with Crippen molar-refractivity contribution in [2.45, 2.75) is 33.0 Å². The van der Waals surface area contributed by atoms with Gasteiger partial charge >= 0.3 is 0 Å². The minimum Gasteiger partial charge on any atom is -0.332 e. The predicted octanol–water partition coefficient (Wildman–Crippen LogP) is 0.0302. The van der Waals surface area contributed by atoms with Crippen LogP contribution in [0.2, 0.25) is 0 Å². The summed E-state index contributed by atoms with van der Waals surface area (Å²) < 4.78 is 3.17. The second kappa shape index (κ2) is 6.62. The summed E-state index contributed by atoms with van der Waals surface area (Å²) in [7, 11) is 3.99. The van der Waals surface area contributed by atoms with Gasteiger partial charge in [-0.3, -0.25) is 19.4 Å². The van der Waals surface area contributed by atoms with Crippen LogP contribution in [-0.4, -0.2) is 65.7 Å². The highest BCUT2D eigenvalue weighted by molar-refractivity contribution is 5.93. The lowest BCUT2D eigenvalue weighted by Gasteiger charge is -2.19. The summed E-state index contributed by atoms with van der Waals surface area (Å²) in [5.41, 5.74) is 1.55. The molecule has 0 radical (unpaired) electrons. The molecule has 4 rings (SSSR count). The first kappa shape index (κ1) is 17.4. The Bertz CT molecular complexity index is 1060. The highest BCUT2D eigenvalue weighted by Crippen LogP contribution is 2.16. The molecule has 0 saturated carbocycles. The summed E-state index contributed by atoms with van der Waals surface area (Å²) in [6.45, 7) is 4.22. The van der Waals surface area contributed by atoms with Crippen molar-refractivity contribution in [3.05, 3.63) is 45.4 Å². The SMILES string of the molecule is Cc1nc2ncc(C(=O)N3CCCn4nc(CN(C)C)cc4C3)c(=O)n2[nH]1. The van der Waals surface area contributed by atoms with Gasteiger partial charge in [0.15, 0.2) is 0 Å². The van der Waals surface area contributed by atoms with Crippen LogP contribution in [0.3, 0.4) is 0 Å². The summed E-state index contributed by atoms with van der Waals surface area (Å²) in [5, 5.41) is 7.44. The van der Waals surface area contributed by atoms with Crippen LogP contribution in [0.4, 0.5) is 0 Å². The molecule has 1 amide bonds. The van der Waals surface area contributed by atoms with Gasteiger partial charge < -0.3 is 9.80 Å². The maximum absolute atomic E-state index is 13.0. The van der Waals surface area contributed by atoms with Gasteiger partial charge in [0.1, 0.15) is 11.4 Å². The Hall–Kier alpha value is -3.01. The number of nitrogens with zero attached hydrogens (tertiary/aromatic N) is 7. The first-order valence-electron chi connectivity index (χ1n) is 8.86. The molecule has 0 bridgehead atoms. The van der Waals surface area contributed by atoms with Crippen LogP contribution in [0.5, 0.6) is 0 Å². The first-order valence-corrected chi connectivity index (χ1v) is 8.86. The molecule has 0 unspecified atom stereocenters. The number of hydrogen-bond acceptors (Lipinski definition) is 6. The molecule has 0 atom stereocenters. The third kappa shape index (κ3) is 3.23. The third-order valence-corrected chi connectivity index (χ3v) is 4.54. The molecular weight excluding hydrogens is 348 g/mol. The normalized spacial score (nSPS) is 14.6. The molecule has 1 aliphatic heterocycles. The maximum Gasteiger partial charge on any atom is 0.286 e. The average Bonchev–Trinajstić information content (AvgIpc) is 3.10. The van der Waals surface area contributed by atoms with Gasteiger partial charge in [-0.2, -0.15) is 14.6 Å². The number of rotatable bonds is 3. The number of H-pyrrole nitrogens is 1. The van der Waals surface area contributed by atoms with E-state index in [4.69, 9.17) is 0 Å². The van der Waals surface area contributed by atoms with E-state index in [0.29, 0.717) is 18.9 Å². The molecule has 0 saturated heterocycles. The Morgan fingerprint density at radius 2 is 2.15 bits per heavy atom. The Balaban J connectivity index is 1.63. The molecule has 3 aromatic rings. The zero-order valence-corrected chi connectivity index (χ0v) is 15.6. The van der Waals surface area contributed by atoms with Crippen molar-refractivity contribution < 1.29 is 4.79 Å². The van der Waals surface area contributed by atoms with E-state index in [1.165, 1.54) is 10.7 Å². The molecule has 10 heteroatoms. The number of fused-ring (bicyclic) bond motifs is 2. The standard InChI is InChI=1S/C17H22N8O2/c1-11-19-17-18-8-14(16(27)25(17)20-11)15(26)23-5-4-6-24-13(10-23)7-12(21-24)9-22(2)3/h7-8H,4-6,9-10H2,1-3H3,(H,18,19,20). The fourth-order valence-electron chi connectivity index (χ4n) is 3.38. The van der Waals surface area contributed by atoms with Crippen molar-refractivity contribution in [2.24, 2.45) is 0 Å². The van der Waals surface area contributed by atoms with E-state index < -0.39 is 5.56 Å². The van der Waals surface area contributed by atoms with E-state index in [-0.39, 0.29) is 17.2 Å². The van der Waals surface area contributed by atoms with Crippen LogP contribution in [0.1, 0.15) is 34.0 Å². The van der Waals surface area contributed by atoms with Crippen molar-refractivity contribution in [3.63, 3.8) is 0 Å². The van der Waals surface area contributed by atoms with Gasteiger partial charge in [0, 0.05) is 25.8 Å². The number of aromatic amines is 1. The van der Waals surface area contributed by atoms with E-state index >= 15 is 0 Å². The van der Waals surface area contributed by atoms with Crippen LogP contribution in [0.15, 0.2) is 17.1 Å². The summed E-state index contributed by atoms with van der Waals surface area (Å²) in [6.07, 6.45) is 2.10. The van der Waals surface area contributed by atoms with Crippen LogP contribution in [0, 0.1) is 6.92 Å². The molecule has 4 heterocycles. The van der Waals surface area contributed by atoms with Crippen LogP contribution in [0.25, 0.3) is 5.78 Å². The molecule has 10 nitrogen and oxygen atoms in total. The van der Waals surface area contributed by atoms with Crippen LogP contribution < -0.4 is 5.56 Å². The van der Waals surface area contributed by atoms with Crippen LogP contribution >= 0.6 is 0 Å². The number of carbonyl (C=O) groups excluding carboxylic acids is 1. The largest absolute Gasteiger partial charge is 0.332 e. The summed E-state index contributed by atoms with van der Waals surface area (Å²) >= 11 is 0. The number of nitrogens with one attached hydrogen (secondary N) is 1. The number of aromatic nitrogens is 6. The summed E-state index contributed by atoms with van der Waals surface area (Å²) in [5.74, 6) is 0.505. The molecule has 1 aliphatic rings. The number of carbonyl (C=O) groups is 1. The van der Waals surface area contributed by atoms with Crippen molar-refractivity contribution in [2.75, 3.05) is 20.6 Å². The van der Waals surface area contributed by atoms with E-state index in [0.717, 1.165) is 30.9 Å². The molecular formula is C17H22N8O2. The fraction of sp³-hybridized carbons (Fsp3) is 0.471. The van der Waals surface area contributed by atoms with Gasteiger partial charge in [0.25, 0.3) is 17.2 Å². The molecule has 1 N–H and O–H groups in total. The Labute approximate surface area is 155 Å². The molecule has 0 aliphatic carbocycles. The topological polar surface area (TPSA) is 104 Å². The maximum atomic E-state index is 13.0. The molecule has 0 aromatic carbocycles. The Kier molecular flexibility index (Phi) is 4.27. The minimum atomic E-state index is -0.434. The quantitative estimate of drug-likeness (QED) is 0.698. The highest BCUT2D eigenvalue weighted by atomic mass is 16.2. The second-order valence-electron chi connectivity index (χ2n) is 7.09. The minimum absolute atomic E-state index is 0.0395.